The summed E-state index contributed by atoms with van der Waals surface area (Å²) in [5.74, 6) is -0.212. The average Bonchev–Trinajstić information content (AvgIpc) is 3.27. The molecule has 0 saturated heterocycles. The molecule has 5 nitrogen and oxygen atoms in total. The molecule has 0 heterocycles. The predicted molar refractivity (Wildman–Crippen MR) is 78.4 cm³/mol. The summed E-state index contributed by atoms with van der Waals surface area (Å²) in [6.07, 6.45) is 4.44. The number of carboxylic acids is 1. The number of hydrogen-bond donors (Lipinski definition) is 2. The van der Waals surface area contributed by atoms with E-state index in [2.05, 4.69) is 4.72 Å². The topological polar surface area (TPSA) is 83.5 Å². The van der Waals surface area contributed by atoms with E-state index in [1.807, 2.05) is 0 Å². The molecule has 2 N–H and O–H groups in total. The third-order valence-corrected chi connectivity index (χ3v) is 5.45. The van der Waals surface area contributed by atoms with Gasteiger partial charge in [0, 0.05) is 6.04 Å². The highest BCUT2D eigenvalue weighted by molar-refractivity contribution is 7.88. The Bertz CT molecular complexity index is 635. The zero-order valence-corrected chi connectivity index (χ0v) is 12.5. The van der Waals surface area contributed by atoms with E-state index in [4.69, 9.17) is 5.11 Å². The second-order valence-corrected chi connectivity index (χ2v) is 7.84. The molecule has 2 saturated carbocycles. The monoisotopic (exact) mass is 309 g/mol. The number of carbonyl (C=O) groups is 1. The number of aromatic carboxylic acids is 1. The molecule has 0 atom stereocenters. The Morgan fingerprint density at radius 2 is 1.86 bits per heavy atom. The van der Waals surface area contributed by atoms with Crippen LogP contribution in [0.2, 0.25) is 0 Å². The van der Waals surface area contributed by atoms with Gasteiger partial charge in [-0.2, -0.15) is 0 Å². The first kappa shape index (κ1) is 14.5. The van der Waals surface area contributed by atoms with Gasteiger partial charge in [0.05, 0.1) is 11.3 Å². The Kier molecular flexibility index (Phi) is 3.75. The van der Waals surface area contributed by atoms with Gasteiger partial charge in [-0.15, -0.1) is 0 Å². The van der Waals surface area contributed by atoms with Crippen LogP contribution in [0.15, 0.2) is 24.3 Å². The van der Waals surface area contributed by atoms with E-state index in [0.29, 0.717) is 17.4 Å². The Morgan fingerprint density at radius 1 is 1.24 bits per heavy atom. The van der Waals surface area contributed by atoms with Crippen molar-refractivity contribution in [1.82, 2.24) is 4.72 Å². The van der Waals surface area contributed by atoms with Crippen molar-refractivity contribution in [2.45, 2.75) is 37.5 Å². The minimum atomic E-state index is -3.43. The largest absolute Gasteiger partial charge is 0.478 e. The lowest BCUT2D eigenvalue weighted by atomic mass is 10.1. The minimum absolute atomic E-state index is 0.0812. The van der Waals surface area contributed by atoms with Crippen LogP contribution in [0, 0.1) is 11.8 Å². The fourth-order valence-corrected chi connectivity index (χ4v) is 4.25. The van der Waals surface area contributed by atoms with Crippen LogP contribution in [0.1, 0.15) is 41.6 Å². The van der Waals surface area contributed by atoms with Gasteiger partial charge in [0.2, 0.25) is 10.0 Å². The van der Waals surface area contributed by atoms with Crippen molar-refractivity contribution < 1.29 is 18.3 Å². The van der Waals surface area contributed by atoms with Gasteiger partial charge >= 0.3 is 5.97 Å². The summed E-state index contributed by atoms with van der Waals surface area (Å²) in [6, 6.07) is 6.19. The van der Waals surface area contributed by atoms with Crippen molar-refractivity contribution in [1.29, 1.82) is 0 Å². The SMILES string of the molecule is O=C(O)c1cccc(CS(=O)(=O)NC(C2CC2)C2CC2)c1. The zero-order chi connectivity index (χ0) is 15.0. The third-order valence-electron chi connectivity index (χ3n) is 4.11. The molecule has 3 rings (SSSR count). The first-order valence-corrected chi connectivity index (χ1v) is 8.92. The normalized spacial score (nSPS) is 18.9. The lowest BCUT2D eigenvalue weighted by Crippen LogP contribution is -2.38. The van der Waals surface area contributed by atoms with E-state index in [1.165, 1.54) is 12.1 Å². The molecule has 2 fully saturated rings. The van der Waals surface area contributed by atoms with Crippen LogP contribution in [0.3, 0.4) is 0 Å². The van der Waals surface area contributed by atoms with Crippen LogP contribution in [0.4, 0.5) is 0 Å². The van der Waals surface area contributed by atoms with E-state index in [9.17, 15) is 13.2 Å². The number of hydrogen-bond acceptors (Lipinski definition) is 3. The van der Waals surface area contributed by atoms with Crippen molar-refractivity contribution in [3.63, 3.8) is 0 Å². The number of sulfonamides is 1. The van der Waals surface area contributed by atoms with Crippen LogP contribution in [0.5, 0.6) is 0 Å². The quantitative estimate of drug-likeness (QED) is 0.807. The van der Waals surface area contributed by atoms with Crippen molar-refractivity contribution in [3.05, 3.63) is 35.4 Å². The van der Waals surface area contributed by atoms with E-state index >= 15 is 0 Å². The molecule has 114 valence electrons. The highest BCUT2D eigenvalue weighted by Gasteiger charge is 2.43. The maximum absolute atomic E-state index is 12.3. The van der Waals surface area contributed by atoms with Crippen molar-refractivity contribution >= 4 is 16.0 Å². The van der Waals surface area contributed by atoms with Crippen LogP contribution < -0.4 is 4.72 Å². The van der Waals surface area contributed by atoms with Crippen LogP contribution in [-0.2, 0) is 15.8 Å². The van der Waals surface area contributed by atoms with Gasteiger partial charge in [-0.25, -0.2) is 17.9 Å². The predicted octanol–water partition coefficient (Wildman–Crippen LogP) is 1.99. The number of carboxylic acid groups (broad SMARTS) is 1. The lowest BCUT2D eigenvalue weighted by molar-refractivity contribution is 0.0696. The van der Waals surface area contributed by atoms with Crippen LogP contribution >= 0.6 is 0 Å². The molecule has 0 amide bonds. The maximum atomic E-state index is 12.3. The van der Waals surface area contributed by atoms with Gasteiger partial charge in [0.25, 0.3) is 0 Å². The van der Waals surface area contributed by atoms with Crippen LogP contribution in [0.25, 0.3) is 0 Å². The number of rotatable bonds is 7. The molecule has 2 aliphatic rings. The molecule has 0 radical (unpaired) electrons. The fourth-order valence-electron chi connectivity index (χ4n) is 2.75. The first-order valence-electron chi connectivity index (χ1n) is 7.27. The van der Waals surface area contributed by atoms with E-state index in [1.54, 1.807) is 12.1 Å². The average molecular weight is 309 g/mol. The van der Waals surface area contributed by atoms with Crippen molar-refractivity contribution in [3.8, 4) is 0 Å². The first-order chi connectivity index (χ1) is 9.94. The minimum Gasteiger partial charge on any atom is -0.478 e. The Labute approximate surface area is 124 Å². The van der Waals surface area contributed by atoms with Gasteiger partial charge in [-0.1, -0.05) is 12.1 Å². The molecule has 6 heteroatoms. The summed E-state index contributed by atoms with van der Waals surface area (Å²) in [4.78, 5) is 10.9. The highest BCUT2D eigenvalue weighted by atomic mass is 32.2. The Balaban J connectivity index is 1.70. The second kappa shape index (κ2) is 5.42. The summed E-state index contributed by atoms with van der Waals surface area (Å²) in [5.41, 5.74) is 0.622. The number of benzene rings is 1. The molecule has 2 aliphatic carbocycles. The summed E-state index contributed by atoms with van der Waals surface area (Å²) < 4.78 is 27.4. The summed E-state index contributed by atoms with van der Waals surface area (Å²) in [6.45, 7) is 0. The standard InChI is InChI=1S/C15H19NO4S/c17-15(18)13-3-1-2-10(8-13)9-21(19,20)16-14(11-4-5-11)12-6-7-12/h1-3,8,11-12,14,16H,4-7,9H2,(H,17,18). The summed E-state index contributed by atoms with van der Waals surface area (Å²) in [7, 11) is -3.43. The van der Waals surface area contributed by atoms with E-state index < -0.39 is 16.0 Å². The molecule has 0 aliphatic heterocycles. The third kappa shape index (κ3) is 3.83. The molecule has 0 aromatic heterocycles. The lowest BCUT2D eigenvalue weighted by Gasteiger charge is -2.17. The molecular weight excluding hydrogens is 290 g/mol. The van der Waals surface area contributed by atoms with Gasteiger partial charge < -0.3 is 5.11 Å². The van der Waals surface area contributed by atoms with Crippen molar-refractivity contribution in [2.75, 3.05) is 0 Å². The van der Waals surface area contributed by atoms with Gasteiger partial charge in [0.15, 0.2) is 0 Å². The summed E-state index contributed by atoms with van der Waals surface area (Å²) >= 11 is 0. The second-order valence-electron chi connectivity index (χ2n) is 6.08. The Hall–Kier alpha value is -1.40. The van der Waals surface area contributed by atoms with Gasteiger partial charge in [0.1, 0.15) is 0 Å². The van der Waals surface area contributed by atoms with Gasteiger partial charge in [-0.05, 0) is 55.2 Å². The van der Waals surface area contributed by atoms with Crippen molar-refractivity contribution in [2.24, 2.45) is 11.8 Å². The van der Waals surface area contributed by atoms with E-state index in [-0.39, 0.29) is 17.4 Å². The molecule has 0 spiro atoms. The number of nitrogens with one attached hydrogen (secondary N) is 1. The molecular formula is C15H19NO4S. The summed E-state index contributed by atoms with van der Waals surface area (Å²) in [5, 5.41) is 8.95. The van der Waals surface area contributed by atoms with Crippen LogP contribution in [-0.4, -0.2) is 25.5 Å². The molecule has 0 bridgehead atoms. The zero-order valence-electron chi connectivity index (χ0n) is 11.7. The molecule has 1 aromatic carbocycles. The maximum Gasteiger partial charge on any atom is 0.335 e. The molecule has 21 heavy (non-hydrogen) atoms. The van der Waals surface area contributed by atoms with Gasteiger partial charge in [-0.3, -0.25) is 0 Å². The van der Waals surface area contributed by atoms with E-state index in [0.717, 1.165) is 25.7 Å². The highest BCUT2D eigenvalue weighted by Crippen LogP contribution is 2.44. The smallest absolute Gasteiger partial charge is 0.335 e. The molecule has 1 aromatic rings. The Morgan fingerprint density at radius 3 is 2.38 bits per heavy atom. The molecule has 0 unspecified atom stereocenters. The fraction of sp³-hybridized carbons (Fsp3) is 0.533.